The highest BCUT2D eigenvalue weighted by Crippen LogP contribution is 2.25. The Bertz CT molecular complexity index is 589. The molecular formula is C50H100. The summed E-state index contributed by atoms with van der Waals surface area (Å²) in [7, 11) is 0. The molecule has 0 fully saturated rings. The van der Waals surface area contributed by atoms with Gasteiger partial charge in [-0.3, -0.25) is 0 Å². The van der Waals surface area contributed by atoms with E-state index in [-0.39, 0.29) is 0 Å². The Hall–Kier alpha value is -0.260. The first-order chi connectivity index (χ1) is 24.8. The van der Waals surface area contributed by atoms with Gasteiger partial charge in [-0.2, -0.15) is 0 Å². The van der Waals surface area contributed by atoms with Crippen LogP contribution >= 0.6 is 0 Å². The van der Waals surface area contributed by atoms with Crippen LogP contribution in [0.1, 0.15) is 303 Å². The number of hydrogen-bond donors (Lipinski definition) is 0. The molecule has 0 spiro atoms. The Morgan fingerprint density at radius 3 is 0.640 bits per heavy atom. The van der Waals surface area contributed by atoms with Crippen LogP contribution in [0, 0.1) is 5.92 Å². The standard InChI is InChI=1S/C50H100/c1-4-7-10-13-16-19-22-25-27-28-31-34-37-40-43-46-49-50(47-44-41-38-35-32-29-24-21-18-15-12-9-6-3)48-45-42-39-36-33-30-26-23-20-17-14-11-8-5-2/h29,32,50H,4-28,30-31,33-49H2,1-3H3/b32-29-. The lowest BCUT2D eigenvalue weighted by Gasteiger charge is -2.17. The topological polar surface area (TPSA) is 0 Å². The zero-order chi connectivity index (χ0) is 36.1. The fraction of sp³-hybridized carbons (Fsp3) is 0.960. The molecule has 0 N–H and O–H groups in total. The number of rotatable bonds is 45. The predicted molar refractivity (Wildman–Crippen MR) is 233 cm³/mol. The van der Waals surface area contributed by atoms with Gasteiger partial charge in [-0.1, -0.05) is 290 Å². The molecule has 1 atom stereocenters. The predicted octanol–water partition coefficient (Wildman–Crippen LogP) is 19.4. The van der Waals surface area contributed by atoms with Gasteiger partial charge in [-0.25, -0.2) is 0 Å². The van der Waals surface area contributed by atoms with Crippen molar-refractivity contribution in [3.8, 4) is 0 Å². The van der Waals surface area contributed by atoms with Crippen molar-refractivity contribution in [2.24, 2.45) is 5.92 Å². The summed E-state index contributed by atoms with van der Waals surface area (Å²) in [6.07, 6.45) is 69.4. The van der Waals surface area contributed by atoms with Gasteiger partial charge in [0.1, 0.15) is 0 Å². The fourth-order valence-electron chi connectivity index (χ4n) is 8.19. The van der Waals surface area contributed by atoms with E-state index in [1.807, 2.05) is 0 Å². The van der Waals surface area contributed by atoms with Crippen LogP contribution in [0.4, 0.5) is 0 Å². The van der Waals surface area contributed by atoms with Crippen LogP contribution in [0.5, 0.6) is 0 Å². The van der Waals surface area contributed by atoms with Crippen molar-refractivity contribution in [3.63, 3.8) is 0 Å². The van der Waals surface area contributed by atoms with E-state index in [1.54, 1.807) is 0 Å². The smallest absolute Gasteiger partial charge is 0.0351 e. The molecule has 0 nitrogen and oxygen atoms in total. The highest BCUT2D eigenvalue weighted by atomic mass is 14.1. The molecule has 0 amide bonds. The van der Waals surface area contributed by atoms with Crippen molar-refractivity contribution in [1.82, 2.24) is 0 Å². The Morgan fingerprint density at radius 1 is 0.220 bits per heavy atom. The molecule has 0 heteroatoms. The first kappa shape index (κ1) is 49.7. The molecule has 0 saturated heterocycles. The van der Waals surface area contributed by atoms with Crippen molar-refractivity contribution in [2.45, 2.75) is 303 Å². The van der Waals surface area contributed by atoms with Gasteiger partial charge in [-0.15, -0.1) is 0 Å². The third-order valence-corrected chi connectivity index (χ3v) is 11.8. The largest absolute Gasteiger partial charge is 0.0885 e. The summed E-state index contributed by atoms with van der Waals surface area (Å²) in [6, 6.07) is 0. The van der Waals surface area contributed by atoms with Gasteiger partial charge in [-0.05, 0) is 31.6 Å². The summed E-state index contributed by atoms with van der Waals surface area (Å²) in [5, 5.41) is 0. The quantitative estimate of drug-likeness (QED) is 0.0438. The molecular weight excluding hydrogens is 601 g/mol. The van der Waals surface area contributed by atoms with Gasteiger partial charge in [0.2, 0.25) is 0 Å². The second kappa shape index (κ2) is 46.8. The second-order valence-electron chi connectivity index (χ2n) is 17.0. The molecule has 0 rings (SSSR count). The molecule has 1 unspecified atom stereocenters. The molecule has 0 bridgehead atoms. The van der Waals surface area contributed by atoms with E-state index in [9.17, 15) is 0 Å². The highest BCUT2D eigenvalue weighted by molar-refractivity contribution is 4.81. The van der Waals surface area contributed by atoms with E-state index in [0.29, 0.717) is 0 Å². The third kappa shape index (κ3) is 43.9. The van der Waals surface area contributed by atoms with E-state index in [0.717, 1.165) is 5.92 Å². The second-order valence-corrected chi connectivity index (χ2v) is 17.0. The van der Waals surface area contributed by atoms with E-state index in [4.69, 9.17) is 0 Å². The van der Waals surface area contributed by atoms with E-state index < -0.39 is 0 Å². The Kier molecular flexibility index (Phi) is 46.5. The number of unbranched alkanes of at least 4 members (excludes halogenated alkanes) is 37. The van der Waals surface area contributed by atoms with E-state index >= 15 is 0 Å². The van der Waals surface area contributed by atoms with Crippen molar-refractivity contribution >= 4 is 0 Å². The minimum Gasteiger partial charge on any atom is -0.0885 e. The summed E-state index contributed by atoms with van der Waals surface area (Å²) in [5.41, 5.74) is 0. The summed E-state index contributed by atoms with van der Waals surface area (Å²) in [5.74, 6) is 1.02. The van der Waals surface area contributed by atoms with Crippen molar-refractivity contribution < 1.29 is 0 Å². The lowest BCUT2D eigenvalue weighted by Crippen LogP contribution is -2.01. The molecule has 0 radical (unpaired) electrons. The molecule has 0 saturated carbocycles. The van der Waals surface area contributed by atoms with Crippen LogP contribution in [-0.2, 0) is 0 Å². The summed E-state index contributed by atoms with van der Waals surface area (Å²) in [6.45, 7) is 6.95. The first-order valence-electron chi connectivity index (χ1n) is 24.5. The van der Waals surface area contributed by atoms with Crippen molar-refractivity contribution in [3.05, 3.63) is 12.2 Å². The normalized spacial score (nSPS) is 12.5. The van der Waals surface area contributed by atoms with Crippen molar-refractivity contribution in [2.75, 3.05) is 0 Å². The maximum atomic E-state index is 2.49. The maximum Gasteiger partial charge on any atom is -0.0351 e. The van der Waals surface area contributed by atoms with Crippen LogP contribution in [0.15, 0.2) is 12.2 Å². The van der Waals surface area contributed by atoms with Gasteiger partial charge < -0.3 is 0 Å². The van der Waals surface area contributed by atoms with Crippen LogP contribution in [0.25, 0.3) is 0 Å². The molecule has 0 heterocycles. The molecule has 0 aliphatic carbocycles. The van der Waals surface area contributed by atoms with Gasteiger partial charge in [0.25, 0.3) is 0 Å². The number of hydrogen-bond acceptors (Lipinski definition) is 0. The molecule has 0 aromatic heterocycles. The lowest BCUT2D eigenvalue weighted by atomic mass is 9.89. The highest BCUT2D eigenvalue weighted by Gasteiger charge is 2.09. The minimum absolute atomic E-state index is 1.02. The van der Waals surface area contributed by atoms with Crippen molar-refractivity contribution in [1.29, 1.82) is 0 Å². The molecule has 50 heavy (non-hydrogen) atoms. The van der Waals surface area contributed by atoms with Crippen LogP contribution in [0.2, 0.25) is 0 Å². The molecule has 0 aromatic rings. The molecule has 300 valence electrons. The first-order valence-corrected chi connectivity index (χ1v) is 24.5. The van der Waals surface area contributed by atoms with E-state index in [2.05, 4.69) is 32.9 Å². The van der Waals surface area contributed by atoms with Crippen LogP contribution < -0.4 is 0 Å². The molecule has 0 aromatic carbocycles. The summed E-state index contributed by atoms with van der Waals surface area (Å²) >= 11 is 0. The Labute approximate surface area is 320 Å². The third-order valence-electron chi connectivity index (χ3n) is 11.8. The summed E-state index contributed by atoms with van der Waals surface area (Å²) in [4.78, 5) is 0. The zero-order valence-electron chi connectivity index (χ0n) is 35.8. The average molecular weight is 701 g/mol. The summed E-state index contributed by atoms with van der Waals surface area (Å²) < 4.78 is 0. The van der Waals surface area contributed by atoms with Gasteiger partial charge >= 0.3 is 0 Å². The Morgan fingerprint density at radius 2 is 0.400 bits per heavy atom. The monoisotopic (exact) mass is 701 g/mol. The SMILES string of the molecule is CCCCCCCC/C=C\CCCCCC(CCCCCCCCCCCCCCCC)CCCCCCCCCCCCCCCCCC. The molecule has 0 aliphatic rings. The zero-order valence-corrected chi connectivity index (χ0v) is 35.8. The van der Waals surface area contributed by atoms with Crippen LogP contribution in [0.3, 0.4) is 0 Å². The van der Waals surface area contributed by atoms with E-state index in [1.165, 1.54) is 283 Å². The molecule has 0 aliphatic heterocycles. The lowest BCUT2D eigenvalue weighted by molar-refractivity contribution is 0.366. The Balaban J connectivity index is 3.96. The maximum absolute atomic E-state index is 2.49. The number of allylic oxidation sites excluding steroid dienone is 2. The van der Waals surface area contributed by atoms with Gasteiger partial charge in [0.15, 0.2) is 0 Å². The minimum atomic E-state index is 1.02. The van der Waals surface area contributed by atoms with Gasteiger partial charge in [0, 0.05) is 0 Å². The van der Waals surface area contributed by atoms with Crippen LogP contribution in [-0.4, -0.2) is 0 Å². The average Bonchev–Trinajstić information content (AvgIpc) is 3.13. The van der Waals surface area contributed by atoms with Gasteiger partial charge in [0.05, 0.1) is 0 Å². The fourth-order valence-corrected chi connectivity index (χ4v) is 8.19.